The molecular weight excluding hydrogens is 274 g/mol. The van der Waals surface area contributed by atoms with Gasteiger partial charge in [0.25, 0.3) is 10.0 Å². The van der Waals surface area contributed by atoms with Gasteiger partial charge in [-0.25, -0.2) is 13.8 Å². The Hall–Kier alpha value is -2.02. The maximum atomic E-state index is 13.6. The Morgan fingerprint density at radius 2 is 1.68 bits per heavy atom. The third-order valence-electron chi connectivity index (χ3n) is 2.52. The van der Waals surface area contributed by atoms with E-state index >= 15 is 0 Å². The molecule has 19 heavy (non-hydrogen) atoms. The summed E-state index contributed by atoms with van der Waals surface area (Å²) in [6.07, 6.45) is 1.16. The minimum absolute atomic E-state index is 0.174. The number of benzene rings is 1. The van der Waals surface area contributed by atoms with Crippen molar-refractivity contribution >= 4 is 15.7 Å². The van der Waals surface area contributed by atoms with Crippen molar-refractivity contribution in [3.8, 4) is 0 Å². The van der Waals surface area contributed by atoms with Crippen molar-refractivity contribution in [2.75, 3.05) is 11.4 Å². The molecule has 0 aliphatic carbocycles. The van der Waals surface area contributed by atoms with Crippen molar-refractivity contribution < 1.29 is 17.2 Å². The number of nitrogens with zero attached hydrogens (tertiary/aromatic N) is 2. The van der Waals surface area contributed by atoms with Crippen LogP contribution >= 0.6 is 0 Å². The molecule has 0 saturated carbocycles. The monoisotopic (exact) mass is 284 g/mol. The molecule has 100 valence electrons. The molecule has 4 nitrogen and oxygen atoms in total. The zero-order chi connectivity index (χ0) is 14.0. The summed E-state index contributed by atoms with van der Waals surface area (Å²) in [5.74, 6) is -1.70. The highest BCUT2D eigenvalue weighted by atomic mass is 32.2. The summed E-state index contributed by atoms with van der Waals surface area (Å²) in [5.41, 5.74) is -0.174. The number of rotatable bonds is 3. The molecule has 1 aromatic heterocycles. The van der Waals surface area contributed by atoms with Crippen LogP contribution in [-0.4, -0.2) is 20.4 Å². The largest absolute Gasteiger partial charge is 0.284 e. The number of pyridine rings is 1. The topological polar surface area (TPSA) is 50.3 Å². The van der Waals surface area contributed by atoms with E-state index in [-0.39, 0.29) is 5.69 Å². The molecule has 0 amide bonds. The Morgan fingerprint density at radius 1 is 1.05 bits per heavy atom. The van der Waals surface area contributed by atoms with E-state index in [1.165, 1.54) is 24.3 Å². The van der Waals surface area contributed by atoms with Gasteiger partial charge in [0.1, 0.15) is 5.82 Å². The molecule has 0 radical (unpaired) electrons. The number of anilines is 1. The highest BCUT2D eigenvalue weighted by molar-refractivity contribution is 7.92. The number of aromatic nitrogens is 1. The lowest BCUT2D eigenvalue weighted by molar-refractivity contribution is 0.551. The van der Waals surface area contributed by atoms with E-state index in [0.717, 1.165) is 25.4 Å². The van der Waals surface area contributed by atoms with Crippen LogP contribution < -0.4 is 4.31 Å². The van der Waals surface area contributed by atoms with Crippen LogP contribution in [0.25, 0.3) is 0 Å². The van der Waals surface area contributed by atoms with Crippen LogP contribution in [0.3, 0.4) is 0 Å². The van der Waals surface area contributed by atoms with Crippen molar-refractivity contribution in [3.05, 3.63) is 54.2 Å². The van der Waals surface area contributed by atoms with Gasteiger partial charge in [0, 0.05) is 13.2 Å². The first-order chi connectivity index (χ1) is 8.94. The highest BCUT2D eigenvalue weighted by Gasteiger charge is 2.27. The lowest BCUT2D eigenvalue weighted by Crippen LogP contribution is -2.28. The minimum atomic E-state index is -4.24. The van der Waals surface area contributed by atoms with Crippen molar-refractivity contribution in [1.82, 2.24) is 4.98 Å². The molecule has 2 aromatic rings. The van der Waals surface area contributed by atoms with Crippen molar-refractivity contribution in [2.45, 2.75) is 5.03 Å². The van der Waals surface area contributed by atoms with Gasteiger partial charge in [0.2, 0.25) is 5.03 Å². The predicted octanol–water partition coefficient (Wildman–Crippen LogP) is 2.18. The highest BCUT2D eigenvalue weighted by Crippen LogP contribution is 2.24. The normalized spacial score (nSPS) is 11.3. The number of sulfonamides is 1. The van der Waals surface area contributed by atoms with Gasteiger partial charge in [-0.1, -0.05) is 12.1 Å². The van der Waals surface area contributed by atoms with Crippen LogP contribution in [0.1, 0.15) is 0 Å². The molecule has 0 spiro atoms. The number of halogens is 2. The Morgan fingerprint density at radius 3 is 2.32 bits per heavy atom. The summed E-state index contributed by atoms with van der Waals surface area (Å²) in [7, 11) is -3.10. The molecule has 0 aliphatic rings. The summed E-state index contributed by atoms with van der Waals surface area (Å²) in [5, 5.41) is -0.735. The maximum Gasteiger partial charge on any atom is 0.284 e. The predicted molar refractivity (Wildman–Crippen MR) is 66.2 cm³/mol. The van der Waals surface area contributed by atoms with Gasteiger partial charge in [-0.05, 0) is 24.3 Å². The number of para-hydroxylation sites is 1. The molecule has 0 bridgehead atoms. The van der Waals surface area contributed by atoms with Crippen LogP contribution in [0.5, 0.6) is 0 Å². The van der Waals surface area contributed by atoms with Gasteiger partial charge in [-0.2, -0.15) is 8.42 Å². The van der Waals surface area contributed by atoms with Gasteiger partial charge in [-0.3, -0.25) is 4.31 Å². The van der Waals surface area contributed by atoms with Gasteiger partial charge in [0.15, 0.2) is 5.82 Å². The van der Waals surface area contributed by atoms with Crippen molar-refractivity contribution in [1.29, 1.82) is 0 Å². The maximum absolute atomic E-state index is 13.6. The van der Waals surface area contributed by atoms with E-state index in [4.69, 9.17) is 0 Å². The molecule has 0 atom stereocenters. The molecule has 0 N–H and O–H groups in total. The Labute approximate surface area is 109 Å². The average Bonchev–Trinajstić information content (AvgIpc) is 2.39. The fourth-order valence-corrected chi connectivity index (χ4v) is 2.70. The van der Waals surface area contributed by atoms with E-state index < -0.39 is 26.7 Å². The second-order valence-electron chi connectivity index (χ2n) is 3.71. The second kappa shape index (κ2) is 4.93. The fourth-order valence-electron chi connectivity index (χ4n) is 1.53. The number of hydrogen-bond acceptors (Lipinski definition) is 3. The molecule has 0 unspecified atom stereocenters. The standard InChI is InChI=1S/C12H10F2N2O2S/c1-16(11-7-3-2-5-9(11)13)19(17,18)12-10(14)6-4-8-15-12/h2-8H,1H3. The molecule has 0 fully saturated rings. The molecule has 7 heteroatoms. The quantitative estimate of drug-likeness (QED) is 0.868. The summed E-state index contributed by atoms with van der Waals surface area (Å²) in [6.45, 7) is 0. The summed E-state index contributed by atoms with van der Waals surface area (Å²) in [4.78, 5) is 3.50. The van der Waals surface area contributed by atoms with Crippen LogP contribution in [0, 0.1) is 11.6 Å². The first-order valence-electron chi connectivity index (χ1n) is 5.28. The summed E-state index contributed by atoms with van der Waals surface area (Å²) in [6, 6.07) is 7.58. The van der Waals surface area contributed by atoms with Crippen LogP contribution in [0.4, 0.5) is 14.5 Å². The molecule has 0 saturated heterocycles. The third kappa shape index (κ3) is 2.41. The van der Waals surface area contributed by atoms with Crippen LogP contribution in [0.15, 0.2) is 47.6 Å². The molecule has 0 aliphatic heterocycles. The van der Waals surface area contributed by atoms with Crippen molar-refractivity contribution in [3.63, 3.8) is 0 Å². The average molecular weight is 284 g/mol. The summed E-state index contributed by atoms with van der Waals surface area (Å²) < 4.78 is 52.1. The van der Waals surface area contributed by atoms with E-state index in [9.17, 15) is 17.2 Å². The first kappa shape index (κ1) is 13.4. The Bertz CT molecular complexity index is 704. The van der Waals surface area contributed by atoms with E-state index in [0.29, 0.717) is 4.31 Å². The Kier molecular flexibility index (Phi) is 3.48. The minimum Gasteiger partial charge on any atom is -0.265 e. The number of hydrogen-bond donors (Lipinski definition) is 0. The molecule has 1 heterocycles. The van der Waals surface area contributed by atoms with Crippen LogP contribution in [0.2, 0.25) is 0 Å². The molecule has 1 aromatic carbocycles. The zero-order valence-electron chi connectivity index (χ0n) is 9.92. The van der Waals surface area contributed by atoms with Crippen LogP contribution in [-0.2, 0) is 10.0 Å². The van der Waals surface area contributed by atoms with E-state index in [1.54, 1.807) is 0 Å². The van der Waals surface area contributed by atoms with Gasteiger partial charge in [-0.15, -0.1) is 0 Å². The zero-order valence-corrected chi connectivity index (χ0v) is 10.7. The smallest absolute Gasteiger partial charge is 0.265 e. The van der Waals surface area contributed by atoms with E-state index in [2.05, 4.69) is 4.98 Å². The van der Waals surface area contributed by atoms with Gasteiger partial charge >= 0.3 is 0 Å². The van der Waals surface area contributed by atoms with E-state index in [1.807, 2.05) is 0 Å². The third-order valence-corrected chi connectivity index (χ3v) is 4.23. The second-order valence-corrected chi connectivity index (χ2v) is 5.60. The molecular formula is C12H10F2N2O2S. The summed E-state index contributed by atoms with van der Waals surface area (Å²) >= 11 is 0. The SMILES string of the molecule is CN(c1ccccc1F)S(=O)(=O)c1ncccc1F. The lowest BCUT2D eigenvalue weighted by Gasteiger charge is -2.19. The fraction of sp³-hybridized carbons (Fsp3) is 0.0833. The Balaban J connectivity index is 2.52. The lowest BCUT2D eigenvalue weighted by atomic mass is 10.3. The van der Waals surface area contributed by atoms with Crippen molar-refractivity contribution in [2.24, 2.45) is 0 Å². The van der Waals surface area contributed by atoms with Gasteiger partial charge in [0.05, 0.1) is 5.69 Å². The molecule has 2 rings (SSSR count). The first-order valence-corrected chi connectivity index (χ1v) is 6.72. The van der Waals surface area contributed by atoms with Gasteiger partial charge < -0.3 is 0 Å².